The molecule has 1 aromatic heterocycles. The average Bonchev–Trinajstić information content (AvgIpc) is 3.25. The number of nitro groups is 1. The average molecular weight is 355 g/mol. The Kier molecular flexibility index (Phi) is 3.80. The van der Waals surface area contributed by atoms with Crippen LogP contribution in [0.5, 0.6) is 0 Å². The molecule has 0 bridgehead atoms. The highest BCUT2D eigenvalue weighted by Crippen LogP contribution is 2.59. The van der Waals surface area contributed by atoms with Gasteiger partial charge >= 0.3 is 19.1 Å². The molecule has 0 spiro atoms. The number of aliphatic imine (C=N–C) groups is 1. The number of H-pyrrole nitrogens is 2. The zero-order valence-electron chi connectivity index (χ0n) is 12.0. The Bertz CT molecular complexity index is 988. The third-order valence-corrected chi connectivity index (χ3v) is 4.92. The maximum Gasteiger partial charge on any atom is 0.413 e. The number of fused-ring (bicyclic) bond motifs is 1. The maximum atomic E-state index is 11.5. The van der Waals surface area contributed by atoms with E-state index in [9.17, 15) is 19.7 Å². The largest absolute Gasteiger partial charge is 0.413 e. The van der Waals surface area contributed by atoms with Crippen LogP contribution in [0.25, 0.3) is 11.0 Å². The van der Waals surface area contributed by atoms with Crippen molar-refractivity contribution in [2.24, 2.45) is 4.99 Å². The van der Waals surface area contributed by atoms with Crippen molar-refractivity contribution in [3.63, 3.8) is 0 Å². The normalized spacial score (nSPS) is 19.0. The van der Waals surface area contributed by atoms with Gasteiger partial charge in [0.2, 0.25) is 0 Å². The molecule has 5 N–H and O–H groups in total. The first-order chi connectivity index (χ1) is 11.2. The molecule has 0 saturated heterocycles. The number of rotatable bonds is 4. The molecule has 1 aliphatic rings. The van der Waals surface area contributed by atoms with Crippen LogP contribution in [0.15, 0.2) is 26.7 Å². The molecule has 11 nitrogen and oxygen atoms in total. The van der Waals surface area contributed by atoms with E-state index < -0.39 is 29.6 Å². The number of hydrogen-bond acceptors (Lipinski definition) is 8. The second-order valence-corrected chi connectivity index (χ2v) is 7.19. The molecule has 2 aromatic rings. The molecule has 1 fully saturated rings. The summed E-state index contributed by atoms with van der Waals surface area (Å²) in [4.78, 5) is 69.3. The van der Waals surface area contributed by atoms with Crippen LogP contribution in [0, 0.1) is 10.1 Å². The van der Waals surface area contributed by atoms with Gasteiger partial charge in [-0.05, 0) is 0 Å². The van der Waals surface area contributed by atoms with Gasteiger partial charge in [0.15, 0.2) is 5.66 Å². The number of benzene rings is 1. The van der Waals surface area contributed by atoms with Gasteiger partial charge < -0.3 is 9.97 Å². The fourth-order valence-corrected chi connectivity index (χ4v) is 3.24. The first kappa shape index (κ1) is 16.4. The van der Waals surface area contributed by atoms with Gasteiger partial charge in [-0.2, -0.15) is 14.7 Å². The Morgan fingerprint density at radius 2 is 1.92 bits per heavy atom. The molecule has 1 atom stereocenters. The van der Waals surface area contributed by atoms with Crippen LogP contribution in [-0.2, 0) is 6.54 Å². The fourth-order valence-electron chi connectivity index (χ4n) is 2.33. The maximum absolute atomic E-state index is 11.5. The zero-order chi connectivity index (χ0) is 17.6. The van der Waals surface area contributed by atoms with Crippen molar-refractivity contribution < 1.29 is 19.6 Å². The van der Waals surface area contributed by atoms with Gasteiger partial charge in [0.1, 0.15) is 0 Å². The molecule has 1 heterocycles. The second-order valence-electron chi connectivity index (χ2n) is 5.34. The van der Waals surface area contributed by atoms with Crippen LogP contribution in [0.4, 0.5) is 5.69 Å². The first-order valence-electron chi connectivity index (χ1n) is 6.70. The quantitative estimate of drug-likeness (QED) is 0.213. The Morgan fingerprint density at radius 3 is 2.50 bits per heavy atom. The lowest BCUT2D eigenvalue weighted by Crippen LogP contribution is -2.29. The van der Waals surface area contributed by atoms with Gasteiger partial charge in [-0.1, -0.05) is 0 Å². The standard InChI is InChI=1S/C12H11N4O7P/c17-11-12(18)15-10-5(1-6(16(19)20)2-8(10)14-11)4-13-7-3-9(7)24(21,22)23/h1-2,9,21-23H,3-4H2,(H-,14,15,17,18)/p+1. The van der Waals surface area contributed by atoms with Gasteiger partial charge in [0, 0.05) is 24.1 Å². The highest BCUT2D eigenvalue weighted by atomic mass is 31.2. The summed E-state index contributed by atoms with van der Waals surface area (Å²) in [5.41, 5.74) is -1.99. The number of aromatic amines is 2. The Morgan fingerprint density at radius 1 is 1.25 bits per heavy atom. The number of aromatic nitrogens is 2. The van der Waals surface area contributed by atoms with E-state index in [2.05, 4.69) is 15.0 Å². The molecule has 0 aliphatic heterocycles. The van der Waals surface area contributed by atoms with E-state index in [1.807, 2.05) is 0 Å². The predicted octanol–water partition coefficient (Wildman–Crippen LogP) is -0.423. The number of nitrogens with one attached hydrogen (secondary N) is 2. The summed E-state index contributed by atoms with van der Waals surface area (Å²) >= 11 is 0. The minimum absolute atomic E-state index is 0.0877. The van der Waals surface area contributed by atoms with Gasteiger partial charge in [0.25, 0.3) is 5.69 Å². The molecule has 0 amide bonds. The molecule has 3 rings (SSSR count). The number of hydrogen-bond donors (Lipinski definition) is 5. The van der Waals surface area contributed by atoms with Gasteiger partial charge in [0.05, 0.1) is 28.2 Å². The first-order valence-corrected chi connectivity index (χ1v) is 8.42. The Balaban J connectivity index is 2.05. The van der Waals surface area contributed by atoms with Crippen LogP contribution in [0.3, 0.4) is 0 Å². The summed E-state index contributed by atoms with van der Waals surface area (Å²) in [6, 6.07) is 2.33. The van der Waals surface area contributed by atoms with Crippen molar-refractivity contribution >= 4 is 30.4 Å². The van der Waals surface area contributed by atoms with Gasteiger partial charge in [-0.3, -0.25) is 24.7 Å². The van der Waals surface area contributed by atoms with Crippen molar-refractivity contribution in [3.05, 3.63) is 48.5 Å². The molecule has 1 aromatic carbocycles. The molecular weight excluding hydrogens is 343 g/mol. The van der Waals surface area contributed by atoms with Crippen LogP contribution < -0.4 is 11.1 Å². The molecular formula is C12H12N4O7P+. The molecule has 1 saturated carbocycles. The molecule has 12 heteroatoms. The van der Waals surface area contributed by atoms with Gasteiger partial charge in [-0.25, -0.2) is 0 Å². The number of non-ortho nitro benzene ring substituents is 1. The van der Waals surface area contributed by atoms with E-state index in [1.165, 1.54) is 6.07 Å². The van der Waals surface area contributed by atoms with Crippen molar-refractivity contribution in [2.45, 2.75) is 18.6 Å². The molecule has 0 radical (unpaired) electrons. The summed E-state index contributed by atoms with van der Waals surface area (Å²) in [5, 5.41) is 11.0. The topological polar surface area (TPSA) is 182 Å². The SMILES string of the molecule is O=c1[nH]c2cc([N+](=O)[O-])cc(CN=C3CC3[P+](O)(O)O)c2[nH]c1=O. The Labute approximate surface area is 133 Å². The minimum atomic E-state index is -3.99. The number of nitro benzene ring substituents is 1. The summed E-state index contributed by atoms with van der Waals surface area (Å²) in [7, 11) is -3.99. The van der Waals surface area contributed by atoms with Crippen molar-refractivity contribution in [1.29, 1.82) is 0 Å². The van der Waals surface area contributed by atoms with E-state index in [4.69, 9.17) is 14.7 Å². The highest BCUT2D eigenvalue weighted by molar-refractivity contribution is 7.61. The smallest absolute Gasteiger partial charge is 0.316 e. The number of nitrogens with zero attached hydrogens (tertiary/aromatic N) is 2. The monoisotopic (exact) mass is 355 g/mol. The highest BCUT2D eigenvalue weighted by Gasteiger charge is 2.57. The molecule has 1 unspecified atom stereocenters. The third-order valence-electron chi connectivity index (χ3n) is 3.61. The van der Waals surface area contributed by atoms with Crippen LogP contribution in [0.2, 0.25) is 0 Å². The summed E-state index contributed by atoms with van der Waals surface area (Å²) in [6.07, 6.45) is 0.220. The summed E-state index contributed by atoms with van der Waals surface area (Å²) < 4.78 is 0. The summed E-state index contributed by atoms with van der Waals surface area (Å²) in [6.45, 7) is -0.0913. The van der Waals surface area contributed by atoms with Gasteiger partial charge in [-0.15, -0.1) is 0 Å². The Hall–Kier alpha value is -2.46. The minimum Gasteiger partial charge on any atom is -0.316 e. The lowest BCUT2D eigenvalue weighted by atomic mass is 10.1. The van der Waals surface area contributed by atoms with Crippen LogP contribution in [0.1, 0.15) is 12.0 Å². The second kappa shape index (κ2) is 5.56. The fraction of sp³-hybridized carbons (Fsp3) is 0.250. The van der Waals surface area contributed by atoms with E-state index in [0.29, 0.717) is 5.71 Å². The molecule has 24 heavy (non-hydrogen) atoms. The van der Waals surface area contributed by atoms with Crippen molar-refractivity contribution in [1.82, 2.24) is 9.97 Å². The van der Waals surface area contributed by atoms with Crippen molar-refractivity contribution in [2.75, 3.05) is 0 Å². The lowest BCUT2D eigenvalue weighted by Gasteiger charge is -2.04. The van der Waals surface area contributed by atoms with Crippen molar-refractivity contribution in [3.8, 4) is 0 Å². The molecule has 126 valence electrons. The van der Waals surface area contributed by atoms with E-state index in [-0.39, 0.29) is 35.2 Å². The third kappa shape index (κ3) is 3.10. The summed E-state index contributed by atoms with van der Waals surface area (Å²) in [5.74, 6) is 0. The van der Waals surface area contributed by atoms with E-state index in [1.54, 1.807) is 0 Å². The van der Waals surface area contributed by atoms with E-state index in [0.717, 1.165) is 6.07 Å². The molecule has 1 aliphatic carbocycles. The lowest BCUT2D eigenvalue weighted by molar-refractivity contribution is -0.384. The zero-order valence-corrected chi connectivity index (χ0v) is 12.9. The predicted molar refractivity (Wildman–Crippen MR) is 85.0 cm³/mol. The van der Waals surface area contributed by atoms with Crippen LogP contribution >= 0.6 is 7.94 Å². The van der Waals surface area contributed by atoms with Crippen LogP contribution in [-0.4, -0.2) is 40.9 Å². The van der Waals surface area contributed by atoms with E-state index >= 15 is 0 Å².